The van der Waals surface area contributed by atoms with Crippen molar-refractivity contribution in [2.24, 2.45) is 4.99 Å². The molecule has 21 heavy (non-hydrogen) atoms. The molecule has 0 aliphatic carbocycles. The molecule has 0 amide bonds. The van der Waals surface area contributed by atoms with E-state index in [-0.39, 0.29) is 5.84 Å². The Morgan fingerprint density at radius 2 is 2.05 bits per heavy atom. The molecule has 0 fully saturated rings. The van der Waals surface area contributed by atoms with Gasteiger partial charge in [0.05, 0.1) is 5.69 Å². The average Bonchev–Trinajstić information content (AvgIpc) is 2.87. The van der Waals surface area contributed by atoms with Crippen molar-refractivity contribution >= 4 is 34.1 Å². The normalized spacial score (nSPS) is 11.9. The lowest BCUT2D eigenvalue weighted by Crippen LogP contribution is -2.19. The van der Waals surface area contributed by atoms with Gasteiger partial charge in [-0.1, -0.05) is 29.8 Å². The molecule has 0 radical (unpaired) electrons. The zero-order chi connectivity index (χ0) is 14.8. The number of fused-ring (bicyclic) bond motifs is 1. The van der Waals surface area contributed by atoms with Crippen molar-refractivity contribution in [2.45, 2.75) is 6.92 Å². The fourth-order valence-electron chi connectivity index (χ4n) is 2.07. The van der Waals surface area contributed by atoms with Gasteiger partial charge in [-0.05, 0) is 42.8 Å². The lowest BCUT2D eigenvalue weighted by atomic mass is 10.2. The number of benzene rings is 2. The summed E-state index contributed by atoms with van der Waals surface area (Å²) in [4.78, 5) is 4.30. The van der Waals surface area contributed by atoms with Gasteiger partial charge < -0.3 is 4.42 Å². The van der Waals surface area contributed by atoms with Crippen LogP contribution in [0.25, 0.3) is 11.0 Å². The molecule has 0 bridgehead atoms. The van der Waals surface area contributed by atoms with Crippen LogP contribution in [-0.2, 0) is 0 Å². The van der Waals surface area contributed by atoms with Crippen molar-refractivity contribution in [3.63, 3.8) is 0 Å². The summed E-state index contributed by atoms with van der Waals surface area (Å²) in [7, 11) is 0. The fraction of sp³-hybridized carbons (Fsp3) is 0.0625. The molecule has 0 spiro atoms. The van der Waals surface area contributed by atoms with E-state index in [1.165, 1.54) is 0 Å². The van der Waals surface area contributed by atoms with Gasteiger partial charge >= 0.3 is 0 Å². The summed E-state index contributed by atoms with van der Waals surface area (Å²) < 4.78 is 5.72. The first-order valence-corrected chi connectivity index (χ1v) is 6.78. The molecule has 3 rings (SSSR count). The number of rotatable bonds is 2. The molecular weight excluding hydrogens is 288 g/mol. The Morgan fingerprint density at radius 3 is 2.81 bits per heavy atom. The Balaban J connectivity index is 2.05. The molecule has 2 aromatic carbocycles. The molecule has 0 aliphatic rings. The summed E-state index contributed by atoms with van der Waals surface area (Å²) in [5.41, 5.74) is 4.55. The van der Waals surface area contributed by atoms with Gasteiger partial charge in [-0.2, -0.15) is 0 Å². The van der Waals surface area contributed by atoms with Gasteiger partial charge in [0.1, 0.15) is 5.58 Å². The Morgan fingerprint density at radius 1 is 1.19 bits per heavy atom. The molecule has 1 heterocycles. The van der Waals surface area contributed by atoms with Crippen LogP contribution in [0.4, 0.5) is 5.69 Å². The standard InChI is InChI=1S/C16H13ClN2O2/c1-10-5-6-11-8-15(21-14(11)7-10)16(19-20)18-13-4-2-3-12(17)9-13/h2-9,20H,1H3,(H,18,19). The van der Waals surface area contributed by atoms with E-state index >= 15 is 0 Å². The first-order chi connectivity index (χ1) is 10.2. The summed E-state index contributed by atoms with van der Waals surface area (Å²) in [5.74, 6) is 0.684. The first-order valence-electron chi connectivity index (χ1n) is 6.40. The monoisotopic (exact) mass is 300 g/mol. The van der Waals surface area contributed by atoms with Crippen molar-refractivity contribution in [3.05, 3.63) is 64.9 Å². The van der Waals surface area contributed by atoms with Crippen LogP contribution in [0, 0.1) is 6.92 Å². The molecule has 3 aromatic rings. The summed E-state index contributed by atoms with van der Waals surface area (Å²) in [6.07, 6.45) is 0. The van der Waals surface area contributed by atoms with Gasteiger partial charge in [-0.15, -0.1) is 0 Å². The van der Waals surface area contributed by atoms with Crippen molar-refractivity contribution in [1.29, 1.82) is 0 Å². The van der Waals surface area contributed by atoms with Gasteiger partial charge in [0, 0.05) is 10.4 Å². The highest BCUT2D eigenvalue weighted by molar-refractivity contribution is 6.30. The highest BCUT2D eigenvalue weighted by atomic mass is 35.5. The minimum atomic E-state index is 0.228. The lowest BCUT2D eigenvalue weighted by molar-refractivity contribution is 0.233. The molecule has 2 N–H and O–H groups in total. The maximum absolute atomic E-state index is 9.32. The number of nitrogens with one attached hydrogen (secondary N) is 1. The molecule has 0 aliphatic heterocycles. The molecule has 5 heteroatoms. The second-order valence-corrected chi connectivity index (χ2v) is 5.14. The van der Waals surface area contributed by atoms with Crippen LogP contribution in [-0.4, -0.2) is 11.0 Å². The Hall–Kier alpha value is -2.30. The third-order valence-corrected chi connectivity index (χ3v) is 3.30. The number of hydrogen-bond donors (Lipinski definition) is 2. The largest absolute Gasteiger partial charge is 0.453 e. The minimum absolute atomic E-state index is 0.228. The van der Waals surface area contributed by atoms with E-state index < -0.39 is 0 Å². The number of halogens is 1. The third-order valence-electron chi connectivity index (χ3n) is 3.06. The summed E-state index contributed by atoms with van der Waals surface area (Å²) >= 11 is 5.92. The number of nitrogens with zero attached hydrogens (tertiary/aromatic N) is 1. The quantitative estimate of drug-likeness (QED) is 0.417. The molecule has 0 saturated heterocycles. The van der Waals surface area contributed by atoms with E-state index in [2.05, 4.69) is 10.5 Å². The SMILES string of the molecule is Cc1ccc2cc(C(=Nc3cccc(Cl)c3)NO)oc2c1. The second-order valence-electron chi connectivity index (χ2n) is 4.70. The maximum atomic E-state index is 9.32. The first kappa shape index (κ1) is 13.7. The maximum Gasteiger partial charge on any atom is 0.193 e. The fourth-order valence-corrected chi connectivity index (χ4v) is 2.25. The molecule has 4 nitrogen and oxygen atoms in total. The van der Waals surface area contributed by atoms with Gasteiger partial charge in [0.25, 0.3) is 0 Å². The van der Waals surface area contributed by atoms with Gasteiger partial charge in [0.15, 0.2) is 11.6 Å². The number of furan rings is 1. The van der Waals surface area contributed by atoms with Crippen molar-refractivity contribution < 1.29 is 9.62 Å². The number of hydrogen-bond acceptors (Lipinski definition) is 3. The zero-order valence-corrected chi connectivity index (χ0v) is 12.1. The topological polar surface area (TPSA) is 57.8 Å². The van der Waals surface area contributed by atoms with E-state index in [0.717, 1.165) is 16.5 Å². The van der Waals surface area contributed by atoms with Crippen LogP contribution in [0.1, 0.15) is 11.3 Å². The summed E-state index contributed by atoms with van der Waals surface area (Å²) in [6, 6.07) is 14.8. The number of amidine groups is 1. The zero-order valence-electron chi connectivity index (χ0n) is 11.3. The molecule has 0 saturated carbocycles. The molecule has 0 unspecified atom stereocenters. The Labute approximate surface area is 126 Å². The Bertz CT molecular complexity index is 824. The van der Waals surface area contributed by atoms with Crippen molar-refractivity contribution in [2.75, 3.05) is 0 Å². The smallest absolute Gasteiger partial charge is 0.193 e. The summed E-state index contributed by atoms with van der Waals surface area (Å²) in [6.45, 7) is 1.99. The van der Waals surface area contributed by atoms with E-state index in [0.29, 0.717) is 16.5 Å². The highest BCUT2D eigenvalue weighted by Crippen LogP contribution is 2.23. The van der Waals surface area contributed by atoms with Crippen LogP contribution >= 0.6 is 11.6 Å². The molecule has 1 aromatic heterocycles. The van der Waals surface area contributed by atoms with Crippen LogP contribution in [0.15, 0.2) is 57.9 Å². The van der Waals surface area contributed by atoms with Gasteiger partial charge in [-0.3, -0.25) is 5.21 Å². The van der Waals surface area contributed by atoms with Crippen molar-refractivity contribution in [3.8, 4) is 0 Å². The van der Waals surface area contributed by atoms with Crippen LogP contribution in [0.2, 0.25) is 5.02 Å². The van der Waals surface area contributed by atoms with Crippen LogP contribution in [0.3, 0.4) is 0 Å². The van der Waals surface area contributed by atoms with E-state index in [9.17, 15) is 5.21 Å². The predicted octanol–water partition coefficient (Wildman–Crippen LogP) is 4.45. The third kappa shape index (κ3) is 2.91. The average molecular weight is 301 g/mol. The summed E-state index contributed by atoms with van der Waals surface area (Å²) in [5, 5.41) is 10.8. The van der Waals surface area contributed by atoms with Gasteiger partial charge in [-0.25, -0.2) is 10.5 Å². The van der Waals surface area contributed by atoms with Crippen molar-refractivity contribution in [1.82, 2.24) is 5.48 Å². The van der Waals surface area contributed by atoms with E-state index in [1.54, 1.807) is 24.3 Å². The Kier molecular flexibility index (Phi) is 3.64. The van der Waals surface area contributed by atoms with Crippen LogP contribution < -0.4 is 5.48 Å². The second kappa shape index (κ2) is 5.60. The van der Waals surface area contributed by atoms with Crippen LogP contribution in [0.5, 0.6) is 0 Å². The molecule has 106 valence electrons. The number of aliphatic imine (C=N–C) groups is 1. The molecule has 0 atom stereocenters. The molecular formula is C16H13ClN2O2. The van der Waals surface area contributed by atoms with E-state index in [4.69, 9.17) is 16.0 Å². The highest BCUT2D eigenvalue weighted by Gasteiger charge is 2.10. The number of aryl methyl sites for hydroxylation is 1. The predicted molar refractivity (Wildman–Crippen MR) is 83.5 cm³/mol. The lowest BCUT2D eigenvalue weighted by Gasteiger charge is -2.01. The van der Waals surface area contributed by atoms with Gasteiger partial charge in [0.2, 0.25) is 0 Å². The number of hydroxylamine groups is 1. The minimum Gasteiger partial charge on any atom is -0.453 e. The van der Waals surface area contributed by atoms with E-state index in [1.807, 2.05) is 31.2 Å².